The van der Waals surface area contributed by atoms with Gasteiger partial charge in [0.05, 0.1) is 6.04 Å². The summed E-state index contributed by atoms with van der Waals surface area (Å²) < 4.78 is 0. The van der Waals surface area contributed by atoms with Crippen molar-refractivity contribution < 1.29 is 9.59 Å². The Hall–Kier alpha value is -3.93. The topological polar surface area (TPSA) is 74.3 Å². The molecule has 0 radical (unpaired) electrons. The fourth-order valence-electron chi connectivity index (χ4n) is 4.47. The smallest absolute Gasteiger partial charge is 0.252 e. The molecular formula is C30H34N4O2. The summed E-state index contributed by atoms with van der Waals surface area (Å²) in [5.41, 5.74) is 3.42. The first-order chi connectivity index (χ1) is 17.7. The zero-order valence-electron chi connectivity index (χ0n) is 20.8. The molecule has 4 rings (SSSR count). The van der Waals surface area contributed by atoms with Gasteiger partial charge in [0.25, 0.3) is 5.91 Å². The van der Waals surface area contributed by atoms with Crippen LogP contribution in [0.25, 0.3) is 0 Å². The van der Waals surface area contributed by atoms with Gasteiger partial charge in [-0.05, 0) is 48.2 Å². The molecule has 3 aromatic rings. The molecule has 2 atom stereocenters. The second-order valence-corrected chi connectivity index (χ2v) is 9.08. The van der Waals surface area contributed by atoms with Crippen molar-refractivity contribution in [2.75, 3.05) is 18.4 Å². The summed E-state index contributed by atoms with van der Waals surface area (Å²) >= 11 is 0. The highest BCUT2D eigenvalue weighted by molar-refractivity contribution is 5.98. The highest BCUT2D eigenvalue weighted by Crippen LogP contribution is 2.28. The number of benzene rings is 2. The van der Waals surface area contributed by atoms with Gasteiger partial charge in [-0.15, -0.1) is 0 Å². The minimum Gasteiger partial charge on any atom is -0.385 e. The van der Waals surface area contributed by atoms with Gasteiger partial charge in [-0.2, -0.15) is 0 Å². The van der Waals surface area contributed by atoms with E-state index in [1.54, 1.807) is 12.3 Å². The van der Waals surface area contributed by atoms with E-state index in [1.807, 2.05) is 77.8 Å². The molecule has 0 saturated heterocycles. The largest absolute Gasteiger partial charge is 0.385 e. The van der Waals surface area contributed by atoms with Crippen LogP contribution >= 0.6 is 0 Å². The van der Waals surface area contributed by atoms with Gasteiger partial charge in [0, 0.05) is 43.2 Å². The monoisotopic (exact) mass is 482 g/mol. The molecule has 186 valence electrons. The maximum atomic E-state index is 13.9. The molecule has 1 unspecified atom stereocenters. The molecule has 6 heteroatoms. The lowest BCUT2D eigenvalue weighted by atomic mass is 9.97. The normalized spacial score (nSPS) is 15.8. The first-order valence-corrected chi connectivity index (χ1v) is 12.7. The summed E-state index contributed by atoms with van der Waals surface area (Å²) in [4.78, 5) is 33.4. The second kappa shape index (κ2) is 12.7. The lowest BCUT2D eigenvalue weighted by Gasteiger charge is -2.36. The quantitative estimate of drug-likeness (QED) is 0.309. The van der Waals surface area contributed by atoms with Crippen LogP contribution in [0.2, 0.25) is 0 Å². The summed E-state index contributed by atoms with van der Waals surface area (Å²) in [6.07, 6.45) is 11.0. The van der Waals surface area contributed by atoms with Gasteiger partial charge < -0.3 is 15.5 Å². The Bertz CT molecular complexity index is 1160. The van der Waals surface area contributed by atoms with Crippen LogP contribution in [0.3, 0.4) is 0 Å². The van der Waals surface area contributed by atoms with Crippen molar-refractivity contribution in [3.05, 3.63) is 108 Å². The highest BCUT2D eigenvalue weighted by Gasteiger charge is 2.32. The zero-order valence-corrected chi connectivity index (χ0v) is 20.8. The molecule has 2 amide bonds. The summed E-state index contributed by atoms with van der Waals surface area (Å²) in [6.45, 7) is 3.50. The number of carbonyl (C=O) groups excluding carboxylic acids is 2. The number of nitrogens with zero attached hydrogens (tertiary/aromatic N) is 2. The first-order valence-electron chi connectivity index (χ1n) is 12.7. The second-order valence-electron chi connectivity index (χ2n) is 9.08. The fraction of sp³-hybridized carbons (Fsp3) is 0.300. The number of hydrogen-bond acceptors (Lipinski definition) is 4. The Balaban J connectivity index is 1.56. The SMILES string of the molecule is CCCCNc1cccc(C(=O)N[C@@H](Cc2ccccc2)C(=O)N2CC=CCC2c2cccnc2)c1. The van der Waals surface area contributed by atoms with Crippen LogP contribution in [0.15, 0.2) is 91.3 Å². The zero-order chi connectivity index (χ0) is 25.2. The maximum absolute atomic E-state index is 13.9. The Morgan fingerprint density at radius 3 is 2.69 bits per heavy atom. The van der Waals surface area contributed by atoms with Crippen molar-refractivity contribution in [1.82, 2.24) is 15.2 Å². The van der Waals surface area contributed by atoms with Crippen LogP contribution in [-0.2, 0) is 11.2 Å². The molecule has 2 N–H and O–H groups in total. The van der Waals surface area contributed by atoms with Crippen LogP contribution in [0.5, 0.6) is 0 Å². The molecule has 0 saturated carbocycles. The van der Waals surface area contributed by atoms with Crippen molar-refractivity contribution in [2.45, 2.75) is 44.7 Å². The predicted molar refractivity (Wildman–Crippen MR) is 144 cm³/mol. The van der Waals surface area contributed by atoms with Gasteiger partial charge in [-0.1, -0.05) is 68.0 Å². The number of unbranched alkanes of at least 4 members (excludes halogenated alkanes) is 1. The van der Waals surface area contributed by atoms with Crippen molar-refractivity contribution in [3.8, 4) is 0 Å². The van der Waals surface area contributed by atoms with Gasteiger partial charge in [0.1, 0.15) is 6.04 Å². The highest BCUT2D eigenvalue weighted by atomic mass is 16.2. The molecule has 0 bridgehead atoms. The standard InChI is InChI=1S/C30H34N4O2/c1-2-3-18-32-26-15-9-13-24(21-26)29(35)33-27(20-23-11-5-4-6-12-23)30(36)34-19-8-7-16-28(34)25-14-10-17-31-22-25/h4-15,17,21-22,27-28,32H,2-3,16,18-20H2,1H3,(H,33,35)/t27-,28?/m0/s1. The molecule has 2 heterocycles. The molecule has 6 nitrogen and oxygen atoms in total. The van der Waals surface area contributed by atoms with Gasteiger partial charge in [0.2, 0.25) is 5.91 Å². The number of pyridine rings is 1. The third kappa shape index (κ3) is 6.60. The Kier molecular flexibility index (Phi) is 8.87. The van der Waals surface area contributed by atoms with Gasteiger partial charge in [-0.25, -0.2) is 0 Å². The van der Waals surface area contributed by atoms with Crippen molar-refractivity contribution in [1.29, 1.82) is 0 Å². The van der Waals surface area contributed by atoms with E-state index in [0.717, 1.165) is 42.6 Å². The van der Waals surface area contributed by atoms with Crippen LogP contribution < -0.4 is 10.6 Å². The van der Waals surface area contributed by atoms with E-state index in [1.165, 1.54) is 0 Å². The van der Waals surface area contributed by atoms with E-state index < -0.39 is 6.04 Å². The van der Waals surface area contributed by atoms with Crippen LogP contribution in [0.4, 0.5) is 5.69 Å². The van der Waals surface area contributed by atoms with Gasteiger partial charge in [0.15, 0.2) is 0 Å². The van der Waals surface area contributed by atoms with E-state index in [-0.39, 0.29) is 17.9 Å². The summed E-state index contributed by atoms with van der Waals surface area (Å²) in [5.74, 6) is -0.350. The fourth-order valence-corrected chi connectivity index (χ4v) is 4.47. The minimum absolute atomic E-state index is 0.0948. The number of hydrogen-bond donors (Lipinski definition) is 2. The molecule has 2 aromatic carbocycles. The van der Waals surface area contributed by atoms with Gasteiger partial charge in [-0.3, -0.25) is 14.6 Å². The summed E-state index contributed by atoms with van der Waals surface area (Å²) in [7, 11) is 0. The maximum Gasteiger partial charge on any atom is 0.252 e. The average Bonchev–Trinajstić information content (AvgIpc) is 2.93. The Labute approximate surface area is 213 Å². The van der Waals surface area contributed by atoms with Crippen LogP contribution in [0, 0.1) is 0 Å². The van der Waals surface area contributed by atoms with Crippen LogP contribution in [-0.4, -0.2) is 40.8 Å². The van der Waals surface area contributed by atoms with E-state index in [9.17, 15) is 9.59 Å². The molecule has 1 aliphatic rings. The number of anilines is 1. The van der Waals surface area contributed by atoms with Crippen molar-refractivity contribution in [3.63, 3.8) is 0 Å². The lowest BCUT2D eigenvalue weighted by Crippen LogP contribution is -2.51. The average molecular weight is 483 g/mol. The predicted octanol–water partition coefficient (Wildman–Crippen LogP) is 5.16. The lowest BCUT2D eigenvalue weighted by molar-refractivity contribution is -0.135. The summed E-state index contributed by atoms with van der Waals surface area (Å²) in [5, 5.41) is 6.41. The number of amides is 2. The molecule has 0 aliphatic carbocycles. The van der Waals surface area contributed by atoms with Crippen molar-refractivity contribution in [2.24, 2.45) is 0 Å². The van der Waals surface area contributed by atoms with E-state index in [0.29, 0.717) is 18.5 Å². The Morgan fingerprint density at radius 1 is 1.06 bits per heavy atom. The van der Waals surface area contributed by atoms with Crippen molar-refractivity contribution >= 4 is 17.5 Å². The molecule has 1 aliphatic heterocycles. The molecule has 36 heavy (non-hydrogen) atoms. The summed E-state index contributed by atoms with van der Waals surface area (Å²) in [6, 6.07) is 20.4. The first kappa shape index (κ1) is 25.2. The third-order valence-electron chi connectivity index (χ3n) is 6.43. The third-order valence-corrected chi connectivity index (χ3v) is 6.43. The van der Waals surface area contributed by atoms with E-state index in [2.05, 4.69) is 28.6 Å². The molecule has 0 spiro atoms. The molecule has 1 aromatic heterocycles. The molecule has 0 fully saturated rings. The number of aromatic nitrogens is 1. The van der Waals surface area contributed by atoms with Gasteiger partial charge >= 0.3 is 0 Å². The van der Waals surface area contributed by atoms with Crippen LogP contribution in [0.1, 0.15) is 53.7 Å². The van der Waals surface area contributed by atoms with E-state index >= 15 is 0 Å². The Morgan fingerprint density at radius 2 is 1.92 bits per heavy atom. The molecular weight excluding hydrogens is 448 g/mol. The number of rotatable bonds is 10. The van der Waals surface area contributed by atoms with E-state index in [4.69, 9.17) is 0 Å². The minimum atomic E-state index is -0.692. The number of nitrogens with one attached hydrogen (secondary N) is 2. The number of carbonyl (C=O) groups is 2.